The van der Waals surface area contributed by atoms with Crippen LogP contribution in [0.3, 0.4) is 0 Å². The van der Waals surface area contributed by atoms with Crippen LogP contribution in [0.15, 0.2) is 18.2 Å². The Balaban J connectivity index is 2.79. The monoisotopic (exact) mass is 265 g/mol. The number of anilines is 1. The molecule has 2 unspecified atom stereocenters. The quantitative estimate of drug-likeness (QED) is 0.856. The molecule has 0 aromatic heterocycles. The number of ether oxygens (including phenoxy) is 1. The Morgan fingerprint density at radius 3 is 2.37 bits per heavy atom. The van der Waals surface area contributed by atoms with Crippen LogP contribution in [0, 0.1) is 18.8 Å². The zero-order valence-electron chi connectivity index (χ0n) is 11.6. The second-order valence-electron chi connectivity index (χ2n) is 4.59. The summed E-state index contributed by atoms with van der Waals surface area (Å²) in [5.74, 6) is -1.89. The summed E-state index contributed by atoms with van der Waals surface area (Å²) in [5.41, 5.74) is 1.53. The Bertz CT molecular complexity index is 484. The molecule has 19 heavy (non-hydrogen) atoms. The van der Waals surface area contributed by atoms with Crippen LogP contribution in [-0.2, 0) is 9.59 Å². The van der Waals surface area contributed by atoms with Gasteiger partial charge in [0.05, 0.1) is 13.0 Å². The van der Waals surface area contributed by atoms with Gasteiger partial charge < -0.3 is 15.2 Å². The molecule has 0 fully saturated rings. The van der Waals surface area contributed by atoms with Gasteiger partial charge in [0, 0.05) is 11.6 Å². The van der Waals surface area contributed by atoms with Crippen LogP contribution in [-0.4, -0.2) is 24.1 Å². The summed E-state index contributed by atoms with van der Waals surface area (Å²) in [6.45, 7) is 4.98. The zero-order chi connectivity index (χ0) is 14.6. The van der Waals surface area contributed by atoms with E-state index in [1.807, 2.05) is 6.92 Å². The molecule has 2 atom stereocenters. The maximum Gasteiger partial charge on any atom is 0.307 e. The van der Waals surface area contributed by atoms with Crippen LogP contribution >= 0.6 is 0 Å². The van der Waals surface area contributed by atoms with Crippen molar-refractivity contribution >= 4 is 17.6 Å². The number of carbonyl (C=O) groups is 2. The van der Waals surface area contributed by atoms with Crippen molar-refractivity contribution in [1.29, 1.82) is 0 Å². The van der Waals surface area contributed by atoms with Gasteiger partial charge in [-0.25, -0.2) is 0 Å². The average Bonchev–Trinajstić information content (AvgIpc) is 2.38. The van der Waals surface area contributed by atoms with Gasteiger partial charge in [0.15, 0.2) is 0 Å². The number of benzene rings is 1. The van der Waals surface area contributed by atoms with E-state index in [0.717, 1.165) is 5.56 Å². The van der Waals surface area contributed by atoms with Crippen LogP contribution in [0.2, 0.25) is 0 Å². The molecule has 0 spiro atoms. The number of hydrogen-bond donors (Lipinski definition) is 2. The summed E-state index contributed by atoms with van der Waals surface area (Å²) in [7, 11) is 1.57. The molecule has 104 valence electrons. The van der Waals surface area contributed by atoms with E-state index in [-0.39, 0.29) is 5.91 Å². The van der Waals surface area contributed by atoms with Crippen LogP contribution in [0.25, 0.3) is 0 Å². The van der Waals surface area contributed by atoms with Crippen molar-refractivity contribution in [3.05, 3.63) is 23.8 Å². The first kappa shape index (κ1) is 15.0. The predicted octanol–water partition coefficient (Wildman–Crippen LogP) is 2.30. The Morgan fingerprint density at radius 1 is 1.26 bits per heavy atom. The van der Waals surface area contributed by atoms with E-state index in [9.17, 15) is 9.59 Å². The fourth-order valence-electron chi connectivity index (χ4n) is 1.59. The molecule has 0 saturated heterocycles. The lowest BCUT2D eigenvalue weighted by atomic mass is 9.95. The average molecular weight is 265 g/mol. The second kappa shape index (κ2) is 6.22. The van der Waals surface area contributed by atoms with Gasteiger partial charge >= 0.3 is 5.97 Å². The van der Waals surface area contributed by atoms with Gasteiger partial charge in [0.1, 0.15) is 5.75 Å². The summed E-state index contributed by atoms with van der Waals surface area (Å²) < 4.78 is 5.08. The second-order valence-corrected chi connectivity index (χ2v) is 4.59. The molecule has 0 heterocycles. The summed E-state index contributed by atoms with van der Waals surface area (Å²) in [6, 6.07) is 5.29. The number of carboxylic acid groups (broad SMARTS) is 1. The number of carbonyl (C=O) groups excluding carboxylic acids is 1. The Morgan fingerprint density at radius 2 is 1.89 bits per heavy atom. The molecule has 5 heteroatoms. The molecule has 0 aliphatic rings. The van der Waals surface area contributed by atoms with E-state index in [4.69, 9.17) is 9.84 Å². The highest BCUT2D eigenvalue weighted by molar-refractivity contribution is 5.95. The van der Waals surface area contributed by atoms with Crippen molar-refractivity contribution in [2.75, 3.05) is 12.4 Å². The van der Waals surface area contributed by atoms with Gasteiger partial charge in [-0.2, -0.15) is 0 Å². The minimum Gasteiger partial charge on any atom is -0.497 e. The molecular formula is C14H19NO4. The van der Waals surface area contributed by atoms with Gasteiger partial charge in [-0.05, 0) is 30.7 Å². The molecule has 2 N–H and O–H groups in total. The van der Waals surface area contributed by atoms with Crippen molar-refractivity contribution < 1.29 is 19.4 Å². The number of amides is 1. The van der Waals surface area contributed by atoms with Crippen molar-refractivity contribution in [2.45, 2.75) is 20.8 Å². The molecule has 1 aromatic carbocycles. The molecule has 0 saturated carbocycles. The zero-order valence-corrected chi connectivity index (χ0v) is 11.6. The smallest absolute Gasteiger partial charge is 0.307 e. The molecule has 5 nitrogen and oxygen atoms in total. The number of rotatable bonds is 5. The molecule has 1 amide bonds. The third kappa shape index (κ3) is 3.71. The van der Waals surface area contributed by atoms with E-state index in [1.165, 1.54) is 6.92 Å². The molecule has 1 rings (SSSR count). The Labute approximate surface area is 112 Å². The van der Waals surface area contributed by atoms with E-state index in [2.05, 4.69) is 5.32 Å². The molecule has 1 aromatic rings. The SMILES string of the molecule is COc1ccc(NC(=O)C(C)C(C)C(=O)O)c(C)c1. The summed E-state index contributed by atoms with van der Waals surface area (Å²) in [5, 5.41) is 11.6. The highest BCUT2D eigenvalue weighted by atomic mass is 16.5. The van der Waals surface area contributed by atoms with Gasteiger partial charge in [-0.3, -0.25) is 9.59 Å². The summed E-state index contributed by atoms with van der Waals surface area (Å²) in [6.07, 6.45) is 0. The standard InChI is InChI=1S/C14H19NO4/c1-8-7-11(19-4)5-6-12(8)15-13(16)9(2)10(3)14(17)18/h5-7,9-10H,1-4H3,(H,15,16)(H,17,18). The fourth-order valence-corrected chi connectivity index (χ4v) is 1.59. The van der Waals surface area contributed by atoms with Gasteiger partial charge in [-0.15, -0.1) is 0 Å². The van der Waals surface area contributed by atoms with E-state index in [0.29, 0.717) is 11.4 Å². The summed E-state index contributed by atoms with van der Waals surface area (Å²) in [4.78, 5) is 22.8. The van der Waals surface area contributed by atoms with Gasteiger partial charge in [0.2, 0.25) is 5.91 Å². The first-order valence-corrected chi connectivity index (χ1v) is 6.05. The summed E-state index contributed by atoms with van der Waals surface area (Å²) >= 11 is 0. The van der Waals surface area contributed by atoms with Crippen LogP contribution < -0.4 is 10.1 Å². The van der Waals surface area contributed by atoms with E-state index in [1.54, 1.807) is 32.2 Å². The fraction of sp³-hybridized carbons (Fsp3) is 0.429. The number of aryl methyl sites for hydroxylation is 1. The Hall–Kier alpha value is -2.04. The maximum atomic E-state index is 12.0. The molecular weight excluding hydrogens is 246 g/mol. The lowest BCUT2D eigenvalue weighted by Crippen LogP contribution is -2.30. The van der Waals surface area contributed by atoms with Crippen LogP contribution in [0.5, 0.6) is 5.75 Å². The van der Waals surface area contributed by atoms with Crippen molar-refractivity contribution in [2.24, 2.45) is 11.8 Å². The number of nitrogens with one attached hydrogen (secondary N) is 1. The minimum atomic E-state index is -0.978. The number of carboxylic acids is 1. The number of hydrogen-bond acceptors (Lipinski definition) is 3. The number of methoxy groups -OCH3 is 1. The maximum absolute atomic E-state index is 12.0. The van der Waals surface area contributed by atoms with Crippen LogP contribution in [0.1, 0.15) is 19.4 Å². The molecule has 0 radical (unpaired) electrons. The molecule has 0 bridgehead atoms. The number of aliphatic carboxylic acids is 1. The lowest BCUT2D eigenvalue weighted by Gasteiger charge is -2.17. The lowest BCUT2D eigenvalue weighted by molar-refractivity contribution is -0.145. The van der Waals surface area contributed by atoms with E-state index >= 15 is 0 Å². The first-order chi connectivity index (χ1) is 8.86. The van der Waals surface area contributed by atoms with Crippen molar-refractivity contribution in [3.8, 4) is 5.75 Å². The first-order valence-electron chi connectivity index (χ1n) is 6.05. The predicted molar refractivity (Wildman–Crippen MR) is 72.3 cm³/mol. The normalized spacial score (nSPS) is 13.5. The Kier molecular flexibility index (Phi) is 4.92. The van der Waals surface area contributed by atoms with Crippen molar-refractivity contribution in [1.82, 2.24) is 0 Å². The molecule has 0 aliphatic heterocycles. The topological polar surface area (TPSA) is 75.6 Å². The largest absolute Gasteiger partial charge is 0.497 e. The minimum absolute atomic E-state index is 0.303. The molecule has 0 aliphatic carbocycles. The highest BCUT2D eigenvalue weighted by Gasteiger charge is 2.25. The van der Waals surface area contributed by atoms with Crippen LogP contribution in [0.4, 0.5) is 5.69 Å². The third-order valence-corrected chi connectivity index (χ3v) is 3.24. The van der Waals surface area contributed by atoms with Gasteiger partial charge in [0.25, 0.3) is 0 Å². The van der Waals surface area contributed by atoms with E-state index < -0.39 is 17.8 Å². The highest BCUT2D eigenvalue weighted by Crippen LogP contribution is 2.22. The van der Waals surface area contributed by atoms with Crippen molar-refractivity contribution in [3.63, 3.8) is 0 Å². The van der Waals surface area contributed by atoms with Gasteiger partial charge in [-0.1, -0.05) is 13.8 Å². The third-order valence-electron chi connectivity index (χ3n) is 3.24.